The molecule has 3 N–H and O–H groups in total. The number of aryl methyl sites for hydroxylation is 4. The Morgan fingerprint density at radius 2 is 1.72 bits per heavy atom. The van der Waals surface area contributed by atoms with Gasteiger partial charge in [-0.25, -0.2) is 8.42 Å². The van der Waals surface area contributed by atoms with E-state index in [4.69, 9.17) is 0 Å². The van der Waals surface area contributed by atoms with E-state index < -0.39 is 21.8 Å². The third-order valence-electron chi connectivity index (χ3n) is 4.72. The van der Waals surface area contributed by atoms with Crippen LogP contribution < -0.4 is 15.6 Å². The van der Waals surface area contributed by atoms with Crippen molar-refractivity contribution in [2.24, 2.45) is 0 Å². The molecule has 9 nitrogen and oxygen atoms in total. The number of nitrogens with one attached hydrogen (secondary N) is 3. The van der Waals surface area contributed by atoms with Gasteiger partial charge in [0.05, 0.1) is 10.6 Å². The van der Waals surface area contributed by atoms with Crippen molar-refractivity contribution in [2.75, 3.05) is 4.72 Å². The van der Waals surface area contributed by atoms with Crippen molar-refractivity contribution in [2.45, 2.75) is 39.1 Å². The lowest BCUT2D eigenvalue weighted by Crippen LogP contribution is -2.43. The van der Waals surface area contributed by atoms with Gasteiger partial charge in [-0.05, 0) is 69.2 Å². The maximum atomic E-state index is 12.9. The van der Waals surface area contributed by atoms with Gasteiger partial charge in [0, 0.05) is 16.9 Å². The molecule has 0 saturated heterocycles. The van der Waals surface area contributed by atoms with Crippen molar-refractivity contribution in [1.82, 2.24) is 20.6 Å². The molecule has 0 aliphatic heterocycles. The highest BCUT2D eigenvalue weighted by Gasteiger charge is 2.20. The molecule has 168 valence electrons. The molecule has 2 aromatic carbocycles. The average molecular weight is 456 g/mol. The maximum Gasteiger partial charge on any atom is 0.269 e. The van der Waals surface area contributed by atoms with E-state index in [1.807, 2.05) is 32.9 Å². The van der Waals surface area contributed by atoms with E-state index in [9.17, 15) is 18.0 Å². The Kier molecular flexibility index (Phi) is 6.64. The van der Waals surface area contributed by atoms with Crippen LogP contribution in [0.1, 0.15) is 32.9 Å². The number of aromatic nitrogens is 2. The van der Waals surface area contributed by atoms with Gasteiger partial charge in [-0.15, -0.1) is 0 Å². The molecular weight excluding hydrogens is 430 g/mol. The summed E-state index contributed by atoms with van der Waals surface area (Å²) in [5.41, 5.74) is 8.13. The first-order valence-corrected chi connectivity index (χ1v) is 11.3. The van der Waals surface area contributed by atoms with Crippen LogP contribution in [0.4, 0.5) is 5.69 Å². The molecule has 1 aromatic heterocycles. The molecule has 3 aromatic rings. The minimum absolute atomic E-state index is 0.0272. The molecule has 1 heterocycles. The van der Waals surface area contributed by atoms with Gasteiger partial charge in [-0.1, -0.05) is 18.2 Å². The highest BCUT2D eigenvalue weighted by atomic mass is 32.2. The first-order valence-electron chi connectivity index (χ1n) is 9.85. The molecule has 0 saturated carbocycles. The van der Waals surface area contributed by atoms with Crippen LogP contribution in [0.25, 0.3) is 0 Å². The summed E-state index contributed by atoms with van der Waals surface area (Å²) in [5.74, 6) is -1.11. The molecule has 0 atom stereocenters. The van der Waals surface area contributed by atoms with E-state index in [0.29, 0.717) is 11.3 Å². The van der Waals surface area contributed by atoms with E-state index >= 15 is 0 Å². The molecule has 0 fully saturated rings. The van der Waals surface area contributed by atoms with E-state index in [-0.39, 0.29) is 17.0 Å². The van der Waals surface area contributed by atoms with Crippen molar-refractivity contribution < 1.29 is 18.0 Å². The molecular formula is C22H25N5O4S. The van der Waals surface area contributed by atoms with Crippen LogP contribution in [0.2, 0.25) is 0 Å². The lowest BCUT2D eigenvalue weighted by atomic mass is 10.1. The number of hydrazine groups is 1. The number of nitrogens with zero attached hydrogens (tertiary/aromatic N) is 2. The fourth-order valence-corrected chi connectivity index (χ4v) is 4.48. The highest BCUT2D eigenvalue weighted by molar-refractivity contribution is 7.92. The molecule has 0 radical (unpaired) electrons. The third kappa shape index (κ3) is 5.52. The fourth-order valence-electron chi connectivity index (χ4n) is 3.16. The first-order chi connectivity index (χ1) is 15.0. The summed E-state index contributed by atoms with van der Waals surface area (Å²) < 4.78 is 29.8. The van der Waals surface area contributed by atoms with E-state index in [0.717, 1.165) is 17.0 Å². The Balaban J connectivity index is 1.70. The lowest BCUT2D eigenvalue weighted by molar-refractivity contribution is -0.122. The Hall–Kier alpha value is -3.66. The quantitative estimate of drug-likeness (QED) is 0.493. The lowest BCUT2D eigenvalue weighted by Gasteiger charge is -2.13. The number of benzene rings is 2. The summed E-state index contributed by atoms with van der Waals surface area (Å²) in [5, 5.41) is 4.19. The van der Waals surface area contributed by atoms with Gasteiger partial charge < -0.3 is 0 Å². The molecule has 10 heteroatoms. The van der Waals surface area contributed by atoms with Crippen LogP contribution in [-0.4, -0.2) is 30.0 Å². The van der Waals surface area contributed by atoms with Crippen LogP contribution in [-0.2, 0) is 21.4 Å². The Morgan fingerprint density at radius 1 is 0.969 bits per heavy atom. The molecule has 32 heavy (non-hydrogen) atoms. The van der Waals surface area contributed by atoms with Gasteiger partial charge in [0.2, 0.25) is 0 Å². The normalized spacial score (nSPS) is 11.1. The van der Waals surface area contributed by atoms with Crippen LogP contribution in [0.15, 0.2) is 53.4 Å². The van der Waals surface area contributed by atoms with Crippen molar-refractivity contribution in [1.29, 1.82) is 0 Å². The Labute approximate surface area is 186 Å². The number of rotatable bonds is 6. The number of anilines is 1. The van der Waals surface area contributed by atoms with Gasteiger partial charge in [-0.2, -0.15) is 5.10 Å². The first kappa shape index (κ1) is 23.0. The van der Waals surface area contributed by atoms with Gasteiger partial charge in [0.1, 0.15) is 6.54 Å². The summed E-state index contributed by atoms with van der Waals surface area (Å²) in [7, 11) is -3.92. The summed E-state index contributed by atoms with van der Waals surface area (Å²) in [6.07, 6.45) is 0. The highest BCUT2D eigenvalue weighted by Crippen LogP contribution is 2.21. The summed E-state index contributed by atoms with van der Waals surface area (Å²) in [4.78, 5) is 24.6. The predicted octanol–water partition coefficient (Wildman–Crippen LogP) is 2.38. The average Bonchev–Trinajstić information content (AvgIpc) is 3.02. The van der Waals surface area contributed by atoms with Crippen molar-refractivity contribution in [3.63, 3.8) is 0 Å². The minimum Gasteiger partial charge on any atom is -0.280 e. The van der Waals surface area contributed by atoms with E-state index in [1.165, 1.54) is 22.9 Å². The molecule has 0 unspecified atom stereocenters. The number of carbonyl (C=O) groups excluding carboxylic acids is 2. The number of carbonyl (C=O) groups is 2. The smallest absolute Gasteiger partial charge is 0.269 e. The summed E-state index contributed by atoms with van der Waals surface area (Å²) in [6, 6.07) is 13.1. The van der Waals surface area contributed by atoms with Gasteiger partial charge in [-0.3, -0.25) is 29.8 Å². The molecule has 3 rings (SSSR count). The zero-order chi connectivity index (χ0) is 23.5. The SMILES string of the molecule is Cc1cccc(NS(=O)(=O)c2cc(C(=O)NNC(=O)Cn3nc(C)cc3C)ccc2C)c1. The molecule has 0 aliphatic carbocycles. The predicted molar refractivity (Wildman–Crippen MR) is 120 cm³/mol. The third-order valence-corrected chi connectivity index (χ3v) is 6.25. The molecule has 0 bridgehead atoms. The Morgan fingerprint density at radius 3 is 2.38 bits per heavy atom. The summed E-state index contributed by atoms with van der Waals surface area (Å²) in [6.45, 7) is 7.08. The standard InChI is InChI=1S/C22H25N5O4S/c1-14-6-5-7-19(10-14)26-32(30,31)20-12-18(9-8-15(20)2)22(29)24-23-21(28)13-27-17(4)11-16(3)25-27/h5-12,26H,13H2,1-4H3,(H,23,28)(H,24,29). The number of hydrogen-bond acceptors (Lipinski definition) is 5. The second-order valence-electron chi connectivity index (χ2n) is 7.54. The van der Waals surface area contributed by atoms with Crippen LogP contribution in [0, 0.1) is 27.7 Å². The number of hydrogen-bond donors (Lipinski definition) is 3. The van der Waals surface area contributed by atoms with Crippen LogP contribution in [0.3, 0.4) is 0 Å². The second kappa shape index (κ2) is 9.23. The zero-order valence-electron chi connectivity index (χ0n) is 18.3. The zero-order valence-corrected chi connectivity index (χ0v) is 19.1. The van der Waals surface area contributed by atoms with Crippen molar-refractivity contribution >= 4 is 27.5 Å². The van der Waals surface area contributed by atoms with Gasteiger partial charge >= 0.3 is 0 Å². The van der Waals surface area contributed by atoms with Crippen LogP contribution >= 0.6 is 0 Å². The van der Waals surface area contributed by atoms with Gasteiger partial charge in [0.25, 0.3) is 21.8 Å². The number of sulfonamides is 1. The molecule has 2 amide bonds. The summed E-state index contributed by atoms with van der Waals surface area (Å²) >= 11 is 0. The van der Waals surface area contributed by atoms with Crippen LogP contribution in [0.5, 0.6) is 0 Å². The van der Waals surface area contributed by atoms with E-state index in [2.05, 4.69) is 20.7 Å². The van der Waals surface area contributed by atoms with Crippen molar-refractivity contribution in [3.05, 3.63) is 76.6 Å². The van der Waals surface area contributed by atoms with Gasteiger partial charge in [0.15, 0.2) is 0 Å². The largest absolute Gasteiger partial charge is 0.280 e. The Bertz CT molecular complexity index is 1280. The van der Waals surface area contributed by atoms with Crippen molar-refractivity contribution in [3.8, 4) is 0 Å². The molecule has 0 spiro atoms. The molecule has 0 aliphatic rings. The topological polar surface area (TPSA) is 122 Å². The second-order valence-corrected chi connectivity index (χ2v) is 9.19. The van der Waals surface area contributed by atoms with E-state index in [1.54, 1.807) is 25.1 Å². The monoisotopic (exact) mass is 455 g/mol. The minimum atomic E-state index is -3.92. The fraction of sp³-hybridized carbons (Fsp3) is 0.227. The maximum absolute atomic E-state index is 12.9. The number of amides is 2.